The number of fused-ring (bicyclic) bond motifs is 1. The average Bonchev–Trinajstić information content (AvgIpc) is 2.58. The average molecular weight is 355 g/mol. The zero-order valence-electron chi connectivity index (χ0n) is 14.6. The van der Waals surface area contributed by atoms with Crippen molar-refractivity contribution < 1.29 is 9.59 Å². The zero-order valence-corrected chi connectivity index (χ0v) is 15.4. The summed E-state index contributed by atoms with van der Waals surface area (Å²) >= 11 is 5.98. The summed E-state index contributed by atoms with van der Waals surface area (Å²) in [6.07, 6.45) is 0.838. The van der Waals surface area contributed by atoms with E-state index in [1.807, 2.05) is 0 Å². The molecule has 1 N–H and O–H groups in total. The molecule has 1 aliphatic heterocycles. The van der Waals surface area contributed by atoms with Crippen molar-refractivity contribution >= 4 is 57.9 Å². The molecule has 0 spiro atoms. The number of carbonyl (C=O) groups is 2. The van der Waals surface area contributed by atoms with Crippen LogP contribution in [0.2, 0.25) is 10.2 Å². The molecule has 0 radical (unpaired) electrons. The largest absolute Gasteiger partial charge is 0.296 e. The van der Waals surface area contributed by atoms with Crippen LogP contribution >= 0.6 is 11.6 Å². The van der Waals surface area contributed by atoms with Crippen molar-refractivity contribution in [1.82, 2.24) is 14.9 Å². The molecule has 0 unspecified atom stereocenters. The van der Waals surface area contributed by atoms with Gasteiger partial charge in [-0.05, 0) is 36.8 Å². The van der Waals surface area contributed by atoms with Gasteiger partial charge in [0.2, 0.25) is 11.8 Å². The third-order valence-electron chi connectivity index (χ3n) is 5.06. The quantitative estimate of drug-likeness (QED) is 0.497. The Kier molecular flexibility index (Phi) is 4.10. The predicted octanol–water partition coefficient (Wildman–Crippen LogP) is -1.54. The first-order valence-corrected chi connectivity index (χ1v) is 8.49. The first-order chi connectivity index (χ1) is 11.6. The van der Waals surface area contributed by atoms with Gasteiger partial charge < -0.3 is 0 Å². The van der Waals surface area contributed by atoms with E-state index in [-0.39, 0.29) is 11.5 Å². The highest BCUT2D eigenvalue weighted by Gasteiger charge is 2.45. The fourth-order valence-corrected chi connectivity index (χ4v) is 3.42. The van der Waals surface area contributed by atoms with E-state index < -0.39 is 16.6 Å². The number of aromatic nitrogens is 2. The van der Waals surface area contributed by atoms with Gasteiger partial charge in [-0.1, -0.05) is 18.0 Å². The Morgan fingerprint density at radius 2 is 1.84 bits per heavy atom. The minimum absolute atomic E-state index is 0.316. The molecular weight excluding hydrogens is 338 g/mol. The van der Waals surface area contributed by atoms with E-state index in [0.29, 0.717) is 34.6 Å². The van der Waals surface area contributed by atoms with Crippen LogP contribution in [-0.2, 0) is 15.0 Å². The monoisotopic (exact) mass is 355 g/mol. The number of halogens is 1. The molecule has 10 heteroatoms. The van der Waals surface area contributed by atoms with Crippen molar-refractivity contribution in [2.45, 2.75) is 30.4 Å². The second kappa shape index (κ2) is 5.76. The van der Waals surface area contributed by atoms with Crippen molar-refractivity contribution in [3.05, 3.63) is 39.4 Å². The van der Waals surface area contributed by atoms with Crippen molar-refractivity contribution in [2.24, 2.45) is 0 Å². The number of amides is 2. The van der Waals surface area contributed by atoms with Crippen LogP contribution in [0.15, 0.2) is 23.0 Å². The molecule has 25 heavy (non-hydrogen) atoms. The van der Waals surface area contributed by atoms with Gasteiger partial charge in [-0.15, -0.1) is 0 Å². The molecule has 0 aliphatic carbocycles. The maximum atomic E-state index is 13.1. The third-order valence-corrected chi connectivity index (χ3v) is 5.30. The summed E-state index contributed by atoms with van der Waals surface area (Å²) < 4.78 is 1.40. The molecule has 2 heterocycles. The molecule has 1 atom stereocenters. The lowest BCUT2D eigenvalue weighted by molar-refractivity contribution is -0.132. The Morgan fingerprint density at radius 3 is 2.52 bits per heavy atom. The van der Waals surface area contributed by atoms with Crippen LogP contribution in [0.3, 0.4) is 0 Å². The normalized spacial score (nSPS) is 23.3. The molecule has 0 bridgehead atoms. The van der Waals surface area contributed by atoms with Crippen LogP contribution in [0, 0.1) is 6.92 Å². The summed E-state index contributed by atoms with van der Waals surface area (Å²) in [6.45, 7) is 1.68. The number of benzene rings is 1. The third kappa shape index (κ3) is 2.80. The molecular formula is C15H17B3ClN3O3. The SMILES string of the molecule is BC1(B)CC[C@@](B)(n2c(C)nc3cc(Cl)ccc3c2=O)C(=O)NC1=O. The highest BCUT2D eigenvalue weighted by atomic mass is 35.5. The summed E-state index contributed by atoms with van der Waals surface area (Å²) in [5.74, 6) is -0.402. The summed E-state index contributed by atoms with van der Waals surface area (Å²) in [4.78, 5) is 42.6. The molecule has 2 aromatic rings. The van der Waals surface area contributed by atoms with Gasteiger partial charge in [0.1, 0.15) is 29.4 Å². The Labute approximate surface area is 152 Å². The maximum Gasteiger partial charge on any atom is 0.261 e. The van der Waals surface area contributed by atoms with Gasteiger partial charge in [0.25, 0.3) is 5.56 Å². The zero-order chi connectivity index (χ0) is 18.6. The van der Waals surface area contributed by atoms with Gasteiger partial charge in [-0.2, -0.15) is 0 Å². The van der Waals surface area contributed by atoms with Gasteiger partial charge >= 0.3 is 0 Å². The van der Waals surface area contributed by atoms with E-state index in [1.54, 1.807) is 48.7 Å². The summed E-state index contributed by atoms with van der Waals surface area (Å²) in [6, 6.07) is 4.85. The molecule has 1 saturated heterocycles. The number of hydrogen-bond donors (Lipinski definition) is 1. The Hall–Kier alpha value is -2.02. The van der Waals surface area contributed by atoms with Gasteiger partial charge in [0.05, 0.1) is 16.3 Å². The molecule has 0 saturated carbocycles. The number of rotatable bonds is 1. The van der Waals surface area contributed by atoms with E-state index in [9.17, 15) is 14.4 Å². The van der Waals surface area contributed by atoms with Crippen molar-refractivity contribution in [2.75, 3.05) is 0 Å². The number of aryl methyl sites for hydroxylation is 1. The van der Waals surface area contributed by atoms with E-state index in [1.165, 1.54) is 4.57 Å². The van der Waals surface area contributed by atoms with Gasteiger partial charge in [0, 0.05) is 5.02 Å². The number of nitrogens with zero attached hydrogens (tertiary/aromatic N) is 2. The molecule has 1 aromatic carbocycles. The first kappa shape index (κ1) is 17.8. The summed E-state index contributed by atoms with van der Waals surface area (Å²) in [5.41, 5.74) is -1.02. The Bertz CT molecular complexity index is 976. The number of hydrogen-bond acceptors (Lipinski definition) is 4. The number of carbonyl (C=O) groups excluding carboxylic acids is 2. The lowest BCUT2D eigenvalue weighted by Crippen LogP contribution is -2.54. The molecule has 1 fully saturated rings. The van der Waals surface area contributed by atoms with E-state index >= 15 is 0 Å². The van der Waals surface area contributed by atoms with Crippen LogP contribution in [0.4, 0.5) is 0 Å². The van der Waals surface area contributed by atoms with Crippen LogP contribution in [0.1, 0.15) is 18.7 Å². The second-order valence-electron chi connectivity index (χ2n) is 7.40. The standard InChI is InChI=1S/C15H17B3ClN3O3/c1-7-20-10-6-8(19)2-3-9(10)11(23)22(7)15(18)5-4-14(16,17)12(24)21-13(15)25/h2-3,6H,4-5,16-18H2,1H3,(H,21,24,25)/t15-/m1/s1. The Morgan fingerprint density at radius 1 is 1.16 bits per heavy atom. The lowest BCUT2D eigenvalue weighted by atomic mass is 9.51. The molecule has 2 amide bonds. The lowest BCUT2D eigenvalue weighted by Gasteiger charge is -2.30. The van der Waals surface area contributed by atoms with Gasteiger partial charge in [-0.3, -0.25) is 24.3 Å². The fraction of sp³-hybridized carbons (Fsp3) is 0.333. The van der Waals surface area contributed by atoms with Gasteiger partial charge in [0.15, 0.2) is 0 Å². The van der Waals surface area contributed by atoms with Crippen molar-refractivity contribution in [3.63, 3.8) is 0 Å². The summed E-state index contributed by atoms with van der Waals surface area (Å²) in [5, 5.41) is 2.64. The van der Waals surface area contributed by atoms with Crippen LogP contribution in [0.25, 0.3) is 10.9 Å². The van der Waals surface area contributed by atoms with E-state index in [2.05, 4.69) is 10.3 Å². The topological polar surface area (TPSA) is 81.1 Å². The van der Waals surface area contributed by atoms with Gasteiger partial charge in [-0.25, -0.2) is 4.98 Å². The highest BCUT2D eigenvalue weighted by Crippen LogP contribution is 2.33. The minimum atomic E-state index is -1.19. The van der Waals surface area contributed by atoms with E-state index in [0.717, 1.165) is 0 Å². The second-order valence-corrected chi connectivity index (χ2v) is 7.84. The first-order valence-electron chi connectivity index (χ1n) is 8.11. The smallest absolute Gasteiger partial charge is 0.261 e. The minimum Gasteiger partial charge on any atom is -0.296 e. The van der Waals surface area contributed by atoms with Crippen molar-refractivity contribution in [1.29, 1.82) is 0 Å². The molecule has 3 rings (SSSR count). The summed E-state index contributed by atoms with van der Waals surface area (Å²) in [7, 11) is 5.25. The molecule has 1 aromatic heterocycles. The van der Waals surface area contributed by atoms with Crippen LogP contribution in [-0.4, -0.2) is 44.9 Å². The molecule has 1 aliphatic rings. The van der Waals surface area contributed by atoms with Crippen LogP contribution < -0.4 is 10.9 Å². The Balaban J connectivity index is 2.24. The maximum absolute atomic E-state index is 13.1. The predicted molar refractivity (Wildman–Crippen MR) is 104 cm³/mol. The fourth-order valence-electron chi connectivity index (χ4n) is 3.25. The number of imide groups is 1. The number of nitrogens with one attached hydrogen (secondary N) is 1. The molecule has 126 valence electrons. The molecule has 6 nitrogen and oxygen atoms in total. The van der Waals surface area contributed by atoms with Crippen molar-refractivity contribution in [3.8, 4) is 0 Å². The highest BCUT2D eigenvalue weighted by molar-refractivity contribution is 6.52. The van der Waals surface area contributed by atoms with E-state index in [4.69, 9.17) is 11.6 Å². The van der Waals surface area contributed by atoms with Crippen LogP contribution in [0.5, 0.6) is 0 Å².